The SMILES string of the molecule is CC(C)NC(c1nc2c(s1)CCC2)c1cc(F)ccc1F. The van der Waals surface area contributed by atoms with Gasteiger partial charge in [0, 0.05) is 16.5 Å². The van der Waals surface area contributed by atoms with E-state index in [2.05, 4.69) is 10.3 Å². The van der Waals surface area contributed by atoms with Gasteiger partial charge in [-0.2, -0.15) is 0 Å². The Morgan fingerprint density at radius 2 is 2.05 bits per heavy atom. The first-order valence-corrected chi connectivity index (χ1v) is 8.05. The molecule has 1 heterocycles. The molecule has 21 heavy (non-hydrogen) atoms. The van der Waals surface area contributed by atoms with Crippen LogP contribution in [0.4, 0.5) is 8.78 Å². The number of aryl methyl sites for hydroxylation is 2. The summed E-state index contributed by atoms with van der Waals surface area (Å²) < 4.78 is 27.6. The molecule has 0 saturated carbocycles. The van der Waals surface area contributed by atoms with Gasteiger partial charge in [0.15, 0.2) is 0 Å². The Labute approximate surface area is 127 Å². The highest BCUT2D eigenvalue weighted by atomic mass is 32.1. The van der Waals surface area contributed by atoms with Crippen LogP contribution in [0.15, 0.2) is 18.2 Å². The van der Waals surface area contributed by atoms with Crippen molar-refractivity contribution in [2.75, 3.05) is 0 Å². The number of benzene rings is 1. The minimum absolute atomic E-state index is 0.149. The number of fused-ring (bicyclic) bond motifs is 1. The molecule has 3 rings (SSSR count). The molecule has 0 radical (unpaired) electrons. The van der Waals surface area contributed by atoms with E-state index in [1.807, 2.05) is 13.8 Å². The highest BCUT2D eigenvalue weighted by Crippen LogP contribution is 2.34. The zero-order valence-corrected chi connectivity index (χ0v) is 12.9. The second kappa shape index (κ2) is 5.81. The number of rotatable bonds is 4. The first-order chi connectivity index (χ1) is 10.0. The Morgan fingerprint density at radius 1 is 1.24 bits per heavy atom. The lowest BCUT2D eigenvalue weighted by molar-refractivity contribution is 0.495. The van der Waals surface area contributed by atoms with Gasteiger partial charge in [0.05, 0.1) is 11.7 Å². The van der Waals surface area contributed by atoms with Gasteiger partial charge in [-0.15, -0.1) is 11.3 Å². The van der Waals surface area contributed by atoms with Crippen LogP contribution in [0.5, 0.6) is 0 Å². The first kappa shape index (κ1) is 14.6. The van der Waals surface area contributed by atoms with Gasteiger partial charge in [0.25, 0.3) is 0 Å². The van der Waals surface area contributed by atoms with Gasteiger partial charge in [-0.3, -0.25) is 0 Å². The predicted octanol–water partition coefficient (Wildman–Crippen LogP) is 4.00. The summed E-state index contributed by atoms with van der Waals surface area (Å²) in [6.07, 6.45) is 3.18. The van der Waals surface area contributed by atoms with Crippen LogP contribution >= 0.6 is 11.3 Å². The van der Waals surface area contributed by atoms with E-state index in [0.29, 0.717) is 5.56 Å². The fraction of sp³-hybridized carbons (Fsp3) is 0.438. The van der Waals surface area contributed by atoms with Crippen molar-refractivity contribution in [2.24, 2.45) is 0 Å². The topological polar surface area (TPSA) is 24.9 Å². The number of hydrogen-bond acceptors (Lipinski definition) is 3. The van der Waals surface area contributed by atoms with Crippen LogP contribution in [0, 0.1) is 11.6 Å². The third-order valence-corrected chi connectivity index (χ3v) is 4.85. The predicted molar refractivity (Wildman–Crippen MR) is 80.6 cm³/mol. The third kappa shape index (κ3) is 2.99. The van der Waals surface area contributed by atoms with E-state index < -0.39 is 17.7 Å². The number of thiazole rings is 1. The van der Waals surface area contributed by atoms with Crippen LogP contribution in [0.2, 0.25) is 0 Å². The zero-order chi connectivity index (χ0) is 15.0. The molecule has 1 atom stereocenters. The average molecular weight is 308 g/mol. The van der Waals surface area contributed by atoms with E-state index in [4.69, 9.17) is 0 Å². The van der Waals surface area contributed by atoms with E-state index in [1.54, 1.807) is 11.3 Å². The molecule has 0 spiro atoms. The van der Waals surface area contributed by atoms with Crippen LogP contribution in [-0.2, 0) is 12.8 Å². The normalized spacial score (nSPS) is 15.5. The molecule has 112 valence electrons. The molecule has 2 aromatic rings. The lowest BCUT2D eigenvalue weighted by Gasteiger charge is -2.20. The molecule has 1 aromatic heterocycles. The summed E-state index contributed by atoms with van der Waals surface area (Å²) in [5.41, 5.74) is 1.46. The van der Waals surface area contributed by atoms with Crippen molar-refractivity contribution >= 4 is 11.3 Å². The molecule has 5 heteroatoms. The van der Waals surface area contributed by atoms with E-state index in [1.165, 1.54) is 17.0 Å². The molecular formula is C16H18F2N2S. The molecule has 1 aliphatic carbocycles. The summed E-state index contributed by atoms with van der Waals surface area (Å²) in [6, 6.07) is 3.35. The summed E-state index contributed by atoms with van der Waals surface area (Å²) in [5, 5.41) is 4.14. The minimum Gasteiger partial charge on any atom is -0.302 e. The fourth-order valence-electron chi connectivity index (χ4n) is 2.70. The van der Waals surface area contributed by atoms with E-state index >= 15 is 0 Å². The van der Waals surface area contributed by atoms with Crippen LogP contribution < -0.4 is 5.32 Å². The molecule has 1 aliphatic rings. The Balaban J connectivity index is 2.02. The van der Waals surface area contributed by atoms with E-state index in [9.17, 15) is 8.78 Å². The van der Waals surface area contributed by atoms with Crippen molar-refractivity contribution in [3.8, 4) is 0 Å². The molecule has 0 aliphatic heterocycles. The van der Waals surface area contributed by atoms with Gasteiger partial charge >= 0.3 is 0 Å². The Hall–Kier alpha value is -1.33. The highest BCUT2D eigenvalue weighted by molar-refractivity contribution is 7.11. The second-order valence-corrected chi connectivity index (χ2v) is 6.81. The molecule has 1 aromatic carbocycles. The van der Waals surface area contributed by atoms with E-state index in [0.717, 1.165) is 36.0 Å². The Morgan fingerprint density at radius 3 is 2.76 bits per heavy atom. The molecule has 0 amide bonds. The maximum absolute atomic E-state index is 14.1. The number of halogens is 2. The van der Waals surface area contributed by atoms with Crippen LogP contribution in [0.3, 0.4) is 0 Å². The maximum atomic E-state index is 14.1. The molecule has 2 nitrogen and oxygen atoms in total. The number of aromatic nitrogens is 1. The second-order valence-electron chi connectivity index (χ2n) is 5.70. The van der Waals surface area contributed by atoms with Gasteiger partial charge in [0.1, 0.15) is 16.6 Å². The van der Waals surface area contributed by atoms with Gasteiger partial charge in [-0.25, -0.2) is 13.8 Å². The summed E-state index contributed by atoms with van der Waals surface area (Å²) in [5.74, 6) is -0.823. The van der Waals surface area contributed by atoms with Gasteiger partial charge < -0.3 is 5.32 Å². The molecule has 0 fully saturated rings. The van der Waals surface area contributed by atoms with Crippen molar-refractivity contribution in [3.63, 3.8) is 0 Å². The van der Waals surface area contributed by atoms with E-state index in [-0.39, 0.29) is 6.04 Å². The fourth-order valence-corrected chi connectivity index (χ4v) is 3.93. The quantitative estimate of drug-likeness (QED) is 0.923. The first-order valence-electron chi connectivity index (χ1n) is 7.24. The summed E-state index contributed by atoms with van der Waals surface area (Å²) >= 11 is 1.62. The van der Waals surface area contributed by atoms with Gasteiger partial charge in [-0.05, 0) is 51.3 Å². The summed E-state index contributed by atoms with van der Waals surface area (Å²) in [4.78, 5) is 5.95. The summed E-state index contributed by atoms with van der Waals surface area (Å²) in [7, 11) is 0. The minimum atomic E-state index is -0.425. The molecular weight excluding hydrogens is 290 g/mol. The standard InChI is InChI=1S/C16H18F2N2S/c1-9(2)19-15(11-8-10(17)6-7-12(11)18)16-20-13-4-3-5-14(13)21-16/h6-9,15,19H,3-5H2,1-2H3. The van der Waals surface area contributed by atoms with Crippen LogP contribution in [0.1, 0.15) is 47.5 Å². The van der Waals surface area contributed by atoms with Crippen molar-refractivity contribution in [1.82, 2.24) is 10.3 Å². The lowest BCUT2D eigenvalue weighted by atomic mass is 10.1. The number of nitrogens with one attached hydrogen (secondary N) is 1. The van der Waals surface area contributed by atoms with Crippen molar-refractivity contribution in [2.45, 2.75) is 45.2 Å². The molecule has 0 saturated heterocycles. The molecule has 0 bridgehead atoms. The Kier molecular flexibility index (Phi) is 4.04. The highest BCUT2D eigenvalue weighted by Gasteiger charge is 2.26. The van der Waals surface area contributed by atoms with Crippen molar-refractivity contribution < 1.29 is 8.78 Å². The third-order valence-electron chi connectivity index (χ3n) is 3.63. The number of nitrogens with zero attached hydrogens (tertiary/aromatic N) is 1. The monoisotopic (exact) mass is 308 g/mol. The molecule has 1 unspecified atom stereocenters. The average Bonchev–Trinajstić information content (AvgIpc) is 2.99. The van der Waals surface area contributed by atoms with Gasteiger partial charge in [-0.1, -0.05) is 0 Å². The zero-order valence-electron chi connectivity index (χ0n) is 12.1. The van der Waals surface area contributed by atoms with Gasteiger partial charge in [0.2, 0.25) is 0 Å². The Bertz CT molecular complexity index is 630. The lowest BCUT2D eigenvalue weighted by Crippen LogP contribution is -2.29. The van der Waals surface area contributed by atoms with Crippen LogP contribution in [-0.4, -0.2) is 11.0 Å². The molecule has 1 N–H and O–H groups in total. The van der Waals surface area contributed by atoms with Crippen molar-refractivity contribution in [3.05, 3.63) is 51.0 Å². The maximum Gasteiger partial charge on any atom is 0.128 e. The largest absolute Gasteiger partial charge is 0.302 e. The summed E-state index contributed by atoms with van der Waals surface area (Å²) in [6.45, 7) is 3.98. The van der Waals surface area contributed by atoms with Crippen LogP contribution in [0.25, 0.3) is 0 Å². The number of hydrogen-bond donors (Lipinski definition) is 1. The van der Waals surface area contributed by atoms with Crippen molar-refractivity contribution in [1.29, 1.82) is 0 Å². The smallest absolute Gasteiger partial charge is 0.128 e.